The van der Waals surface area contributed by atoms with E-state index in [0.717, 1.165) is 22.8 Å². The first-order chi connectivity index (χ1) is 9.90. The maximum absolute atomic E-state index is 14.0. The molecule has 21 heavy (non-hydrogen) atoms. The molecular weight excluding hydrogens is 372 g/mol. The van der Waals surface area contributed by atoms with Crippen LogP contribution in [0.15, 0.2) is 28.7 Å². The molecule has 0 spiro atoms. The summed E-state index contributed by atoms with van der Waals surface area (Å²) >= 11 is 7.91. The van der Waals surface area contributed by atoms with E-state index in [9.17, 15) is 17.6 Å². The number of benzene rings is 2. The highest BCUT2D eigenvalue weighted by molar-refractivity contribution is 9.10. The van der Waals surface area contributed by atoms with Crippen molar-refractivity contribution in [2.75, 3.05) is 0 Å². The Morgan fingerprint density at radius 2 is 1.62 bits per heavy atom. The second-order valence-corrected chi connectivity index (χ2v) is 5.54. The molecule has 0 atom stereocenters. The standard InChI is InChI=1S/C13H5BrF4N2S/c14-5-3-7(16)11(8(17)4-5)20-12-9(19-13(20)21)2-1-6(15)10(12)18/h1-4H,(H,19,21). The molecule has 0 amide bonds. The van der Waals surface area contributed by atoms with Crippen molar-refractivity contribution in [1.82, 2.24) is 9.55 Å². The average molecular weight is 377 g/mol. The van der Waals surface area contributed by atoms with Gasteiger partial charge in [0, 0.05) is 4.47 Å². The van der Waals surface area contributed by atoms with Crippen LogP contribution in [-0.4, -0.2) is 9.55 Å². The molecular formula is C13H5BrF4N2S. The normalized spacial score (nSPS) is 11.3. The summed E-state index contributed by atoms with van der Waals surface area (Å²) in [5.74, 6) is -4.28. The Morgan fingerprint density at radius 1 is 1.00 bits per heavy atom. The third-order valence-electron chi connectivity index (χ3n) is 2.94. The minimum atomic E-state index is -1.23. The lowest BCUT2D eigenvalue weighted by Gasteiger charge is -2.09. The zero-order valence-corrected chi connectivity index (χ0v) is 12.5. The summed E-state index contributed by atoms with van der Waals surface area (Å²) in [7, 11) is 0. The maximum atomic E-state index is 14.0. The fourth-order valence-corrected chi connectivity index (χ4v) is 2.79. The lowest BCUT2D eigenvalue weighted by atomic mass is 10.2. The molecule has 0 aliphatic carbocycles. The van der Waals surface area contributed by atoms with Gasteiger partial charge in [0.05, 0.1) is 5.52 Å². The van der Waals surface area contributed by atoms with Crippen molar-refractivity contribution in [2.45, 2.75) is 0 Å². The van der Waals surface area contributed by atoms with Gasteiger partial charge in [0.15, 0.2) is 28.0 Å². The van der Waals surface area contributed by atoms with Crippen molar-refractivity contribution in [3.8, 4) is 5.69 Å². The Balaban J connectivity index is 2.49. The third kappa shape index (κ3) is 2.18. The SMILES string of the molecule is Fc1cc(Br)cc(F)c1-n1c(=S)[nH]c2ccc(F)c(F)c21. The summed E-state index contributed by atoms with van der Waals surface area (Å²) in [6.45, 7) is 0. The van der Waals surface area contributed by atoms with Crippen LogP contribution in [0.2, 0.25) is 0 Å². The molecule has 0 radical (unpaired) electrons. The molecule has 108 valence electrons. The molecule has 1 aromatic heterocycles. The predicted molar refractivity (Wildman–Crippen MR) is 76.0 cm³/mol. The van der Waals surface area contributed by atoms with Gasteiger partial charge in [0.25, 0.3) is 0 Å². The summed E-state index contributed by atoms with van der Waals surface area (Å²) in [4.78, 5) is 2.59. The number of rotatable bonds is 1. The largest absolute Gasteiger partial charge is 0.330 e. The highest BCUT2D eigenvalue weighted by atomic mass is 79.9. The van der Waals surface area contributed by atoms with E-state index in [1.165, 1.54) is 6.07 Å². The van der Waals surface area contributed by atoms with Crippen molar-refractivity contribution in [3.05, 3.63) is 56.8 Å². The molecule has 8 heteroatoms. The third-order valence-corrected chi connectivity index (χ3v) is 3.69. The zero-order chi connectivity index (χ0) is 15.3. The van der Waals surface area contributed by atoms with Gasteiger partial charge >= 0.3 is 0 Å². The van der Waals surface area contributed by atoms with Gasteiger partial charge in [-0.25, -0.2) is 17.6 Å². The molecule has 1 N–H and O–H groups in total. The maximum Gasteiger partial charge on any atom is 0.184 e. The fourth-order valence-electron chi connectivity index (χ4n) is 2.09. The van der Waals surface area contributed by atoms with E-state index in [1.54, 1.807) is 0 Å². The Kier molecular flexibility index (Phi) is 3.37. The number of aromatic nitrogens is 2. The molecule has 2 aromatic carbocycles. The van der Waals surface area contributed by atoms with E-state index in [1.807, 2.05) is 0 Å². The summed E-state index contributed by atoms with van der Waals surface area (Å²) in [5.41, 5.74) is -0.778. The van der Waals surface area contributed by atoms with Gasteiger partial charge in [0.2, 0.25) is 0 Å². The minimum absolute atomic E-state index is 0.139. The number of hydrogen-bond donors (Lipinski definition) is 1. The van der Waals surface area contributed by atoms with Crippen LogP contribution in [-0.2, 0) is 0 Å². The average Bonchev–Trinajstić information content (AvgIpc) is 2.71. The molecule has 0 fully saturated rings. The number of halogens is 5. The first-order valence-corrected chi connectivity index (χ1v) is 6.84. The monoisotopic (exact) mass is 376 g/mol. The molecule has 1 heterocycles. The van der Waals surface area contributed by atoms with E-state index in [-0.39, 0.29) is 20.3 Å². The molecule has 3 rings (SSSR count). The lowest BCUT2D eigenvalue weighted by molar-refractivity contribution is 0.512. The molecule has 2 nitrogen and oxygen atoms in total. The summed E-state index contributed by atoms with van der Waals surface area (Å²) < 4.78 is 56.3. The van der Waals surface area contributed by atoms with Crippen LogP contribution < -0.4 is 0 Å². The molecule has 0 bridgehead atoms. The second-order valence-electron chi connectivity index (χ2n) is 4.24. The van der Waals surface area contributed by atoms with Gasteiger partial charge < -0.3 is 4.98 Å². The number of nitrogens with zero attached hydrogens (tertiary/aromatic N) is 1. The number of nitrogens with one attached hydrogen (secondary N) is 1. The van der Waals surface area contributed by atoms with Crippen LogP contribution >= 0.6 is 28.1 Å². The first kappa shape index (κ1) is 14.3. The van der Waals surface area contributed by atoms with Crippen LogP contribution in [0.1, 0.15) is 0 Å². The topological polar surface area (TPSA) is 20.7 Å². The van der Waals surface area contributed by atoms with E-state index < -0.39 is 29.0 Å². The summed E-state index contributed by atoms with van der Waals surface area (Å²) in [6.07, 6.45) is 0. The molecule has 0 saturated heterocycles. The van der Waals surface area contributed by atoms with Crippen LogP contribution in [0, 0.1) is 28.0 Å². The van der Waals surface area contributed by atoms with Crippen LogP contribution in [0.4, 0.5) is 17.6 Å². The molecule has 0 saturated carbocycles. The smallest absolute Gasteiger partial charge is 0.184 e. The van der Waals surface area contributed by atoms with E-state index in [2.05, 4.69) is 20.9 Å². The number of hydrogen-bond acceptors (Lipinski definition) is 1. The Hall–Kier alpha value is -1.67. The van der Waals surface area contributed by atoms with Crippen LogP contribution in [0.25, 0.3) is 16.7 Å². The minimum Gasteiger partial charge on any atom is -0.330 e. The number of imidazole rings is 1. The molecule has 3 aromatic rings. The quantitative estimate of drug-likeness (QED) is 0.467. The first-order valence-electron chi connectivity index (χ1n) is 5.64. The van der Waals surface area contributed by atoms with Gasteiger partial charge in [-0.2, -0.15) is 0 Å². The lowest BCUT2D eigenvalue weighted by Crippen LogP contribution is -2.03. The van der Waals surface area contributed by atoms with Gasteiger partial charge in [-0.15, -0.1) is 0 Å². The van der Waals surface area contributed by atoms with Gasteiger partial charge in [-0.1, -0.05) is 15.9 Å². The highest BCUT2D eigenvalue weighted by Crippen LogP contribution is 2.28. The number of H-pyrrole nitrogens is 1. The Bertz CT molecular complexity index is 909. The molecule has 0 aliphatic heterocycles. The predicted octanol–water partition coefficient (Wildman–Crippen LogP) is 5.01. The molecule has 0 unspecified atom stereocenters. The van der Waals surface area contributed by atoms with Gasteiger partial charge in [0.1, 0.15) is 11.2 Å². The van der Waals surface area contributed by atoms with Crippen molar-refractivity contribution in [1.29, 1.82) is 0 Å². The van der Waals surface area contributed by atoms with Gasteiger partial charge in [-0.3, -0.25) is 4.57 Å². The summed E-state index contributed by atoms with van der Waals surface area (Å²) in [6, 6.07) is 4.17. The Labute approximate surface area is 129 Å². The van der Waals surface area contributed by atoms with E-state index >= 15 is 0 Å². The van der Waals surface area contributed by atoms with Gasteiger partial charge in [-0.05, 0) is 36.5 Å². The fraction of sp³-hybridized carbons (Fsp3) is 0. The second kappa shape index (κ2) is 4.96. The van der Waals surface area contributed by atoms with Crippen molar-refractivity contribution in [3.63, 3.8) is 0 Å². The van der Waals surface area contributed by atoms with Crippen LogP contribution in [0.5, 0.6) is 0 Å². The van der Waals surface area contributed by atoms with Crippen molar-refractivity contribution in [2.24, 2.45) is 0 Å². The Morgan fingerprint density at radius 3 is 2.24 bits per heavy atom. The van der Waals surface area contributed by atoms with Crippen LogP contribution in [0.3, 0.4) is 0 Å². The number of aromatic amines is 1. The number of fused-ring (bicyclic) bond motifs is 1. The van der Waals surface area contributed by atoms with E-state index in [0.29, 0.717) is 0 Å². The summed E-state index contributed by atoms with van der Waals surface area (Å²) in [5, 5.41) is 0. The zero-order valence-electron chi connectivity index (χ0n) is 10.1. The highest BCUT2D eigenvalue weighted by Gasteiger charge is 2.20. The molecule has 0 aliphatic rings. The van der Waals surface area contributed by atoms with Crippen molar-refractivity contribution >= 4 is 39.2 Å². The van der Waals surface area contributed by atoms with Crippen molar-refractivity contribution < 1.29 is 17.6 Å². The van der Waals surface area contributed by atoms with E-state index in [4.69, 9.17) is 12.2 Å².